The van der Waals surface area contributed by atoms with Crippen LogP contribution in [0.3, 0.4) is 0 Å². The third kappa shape index (κ3) is 2.89. The van der Waals surface area contributed by atoms with E-state index in [0.717, 1.165) is 0 Å². The first-order valence-corrected chi connectivity index (χ1v) is 2.63. The van der Waals surface area contributed by atoms with E-state index in [1.807, 2.05) is 0 Å². The molecule has 0 aromatic heterocycles. The van der Waals surface area contributed by atoms with Gasteiger partial charge in [0.25, 0.3) is 0 Å². The van der Waals surface area contributed by atoms with Crippen molar-refractivity contribution in [1.82, 2.24) is 0 Å². The summed E-state index contributed by atoms with van der Waals surface area (Å²) in [6, 6.07) is 0. The molecule has 3 heteroatoms. The van der Waals surface area contributed by atoms with Gasteiger partial charge in [-0.2, -0.15) is 0 Å². The second-order valence-corrected chi connectivity index (χ2v) is 1.97. The molecule has 42 valence electrons. The lowest BCUT2D eigenvalue weighted by Gasteiger charge is -1.84. The van der Waals surface area contributed by atoms with Crippen LogP contribution in [0.4, 0.5) is 4.39 Å². The first kappa shape index (κ1) is 7.25. The average Bonchev–Trinajstić information content (AvgIpc) is 1.65. The van der Waals surface area contributed by atoms with Crippen molar-refractivity contribution in [3.63, 3.8) is 0 Å². The average molecular weight is 143 g/mol. The van der Waals surface area contributed by atoms with E-state index in [-0.39, 0.29) is 10.9 Å². The molecule has 0 saturated heterocycles. The Morgan fingerprint density at radius 1 is 1.57 bits per heavy atom. The maximum Gasteiger partial charge on any atom is 0.138 e. The third-order valence-corrected chi connectivity index (χ3v) is 0.926. The van der Waals surface area contributed by atoms with Gasteiger partial charge in [0.05, 0.1) is 0 Å². The zero-order valence-corrected chi connectivity index (χ0v) is 5.35. The fourth-order valence-corrected chi connectivity index (χ4v) is 0.401. The maximum atomic E-state index is 11.9. The minimum atomic E-state index is -0.455. The van der Waals surface area contributed by atoms with Crippen LogP contribution in [0.2, 0.25) is 0 Å². The van der Waals surface area contributed by atoms with Crippen molar-refractivity contribution in [3.05, 3.63) is 10.3 Å². The molecular formula is C4H5Cl2F. The summed E-state index contributed by atoms with van der Waals surface area (Å²) >= 11 is 10.00. The molecule has 0 nitrogen and oxygen atoms in total. The molecule has 0 fully saturated rings. The van der Waals surface area contributed by atoms with Crippen LogP contribution in [-0.2, 0) is 0 Å². The van der Waals surface area contributed by atoms with Crippen molar-refractivity contribution in [3.8, 4) is 0 Å². The normalized spacial score (nSPS) is 8.57. The third-order valence-electron chi connectivity index (χ3n) is 0.515. The molecule has 0 aliphatic carbocycles. The summed E-state index contributed by atoms with van der Waals surface area (Å²) in [4.78, 5) is 0. The van der Waals surface area contributed by atoms with Gasteiger partial charge in [-0.25, -0.2) is 4.39 Å². The molecule has 0 spiro atoms. The molecule has 0 aromatic carbocycles. The van der Waals surface area contributed by atoms with Crippen molar-refractivity contribution >= 4 is 23.2 Å². The Morgan fingerprint density at radius 3 is 2.00 bits per heavy atom. The largest absolute Gasteiger partial charge is 0.209 e. The molecule has 0 atom stereocenters. The van der Waals surface area contributed by atoms with E-state index in [1.165, 1.54) is 0 Å². The Hall–Kier alpha value is 0.250. The molecule has 0 bridgehead atoms. The SMILES string of the molecule is CCC(F)=C(Cl)Cl. The van der Waals surface area contributed by atoms with Gasteiger partial charge in [0.2, 0.25) is 0 Å². The molecule has 0 unspecified atom stereocenters. The summed E-state index contributed by atoms with van der Waals surface area (Å²) in [5, 5.41) is 0. The minimum Gasteiger partial charge on any atom is -0.209 e. The van der Waals surface area contributed by atoms with Crippen molar-refractivity contribution in [2.45, 2.75) is 13.3 Å². The summed E-state index contributed by atoms with van der Waals surface area (Å²) in [6.07, 6.45) is 0.266. The van der Waals surface area contributed by atoms with Crippen LogP contribution in [0.5, 0.6) is 0 Å². The Balaban J connectivity index is 3.72. The smallest absolute Gasteiger partial charge is 0.138 e. The van der Waals surface area contributed by atoms with E-state index in [4.69, 9.17) is 23.2 Å². The van der Waals surface area contributed by atoms with Gasteiger partial charge in [0.1, 0.15) is 10.3 Å². The van der Waals surface area contributed by atoms with Gasteiger partial charge in [-0.3, -0.25) is 0 Å². The topological polar surface area (TPSA) is 0 Å². The lowest BCUT2D eigenvalue weighted by molar-refractivity contribution is 0.604. The van der Waals surface area contributed by atoms with Gasteiger partial charge in [0.15, 0.2) is 0 Å². The standard InChI is InChI=1S/C4H5Cl2F/c1-2-3(7)4(5)6/h2H2,1H3. The number of rotatable bonds is 1. The summed E-state index contributed by atoms with van der Waals surface area (Å²) in [7, 11) is 0. The van der Waals surface area contributed by atoms with E-state index in [1.54, 1.807) is 6.92 Å². The summed E-state index contributed by atoms with van der Waals surface area (Å²) < 4.78 is 11.6. The van der Waals surface area contributed by atoms with Crippen LogP contribution in [-0.4, -0.2) is 0 Å². The molecule has 0 aromatic rings. The second-order valence-electron chi connectivity index (χ2n) is 1.02. The highest BCUT2D eigenvalue weighted by atomic mass is 35.5. The molecule has 0 saturated carbocycles. The zero-order chi connectivity index (χ0) is 5.86. The predicted octanol–water partition coefficient (Wildman–Crippen LogP) is 3.01. The van der Waals surface area contributed by atoms with Crippen LogP contribution in [0, 0.1) is 0 Å². The number of hydrogen-bond acceptors (Lipinski definition) is 0. The van der Waals surface area contributed by atoms with Crippen LogP contribution < -0.4 is 0 Å². The van der Waals surface area contributed by atoms with Crippen LogP contribution in [0.1, 0.15) is 13.3 Å². The highest BCUT2D eigenvalue weighted by molar-refractivity contribution is 6.56. The quantitative estimate of drug-likeness (QED) is 0.529. The van der Waals surface area contributed by atoms with Gasteiger partial charge >= 0.3 is 0 Å². The molecule has 0 aliphatic heterocycles. The van der Waals surface area contributed by atoms with Crippen molar-refractivity contribution in [2.75, 3.05) is 0 Å². The molecule has 0 amide bonds. The Labute approximate surface area is 51.9 Å². The molecule has 0 N–H and O–H groups in total. The zero-order valence-electron chi connectivity index (χ0n) is 3.84. The molecular weight excluding hydrogens is 138 g/mol. The van der Waals surface area contributed by atoms with Crippen LogP contribution in [0.15, 0.2) is 10.3 Å². The Bertz CT molecular complexity index is 83.7. The van der Waals surface area contributed by atoms with Crippen LogP contribution in [0.25, 0.3) is 0 Å². The van der Waals surface area contributed by atoms with E-state index in [9.17, 15) is 4.39 Å². The summed E-state index contributed by atoms with van der Waals surface area (Å²) in [5.74, 6) is -0.455. The minimum absolute atomic E-state index is 0.262. The highest BCUT2D eigenvalue weighted by Gasteiger charge is 1.93. The van der Waals surface area contributed by atoms with Gasteiger partial charge in [0, 0.05) is 0 Å². The molecule has 7 heavy (non-hydrogen) atoms. The first-order valence-electron chi connectivity index (χ1n) is 1.88. The monoisotopic (exact) mass is 142 g/mol. The van der Waals surface area contributed by atoms with Crippen molar-refractivity contribution in [2.24, 2.45) is 0 Å². The molecule has 0 aliphatic rings. The Morgan fingerprint density at radius 2 is 2.00 bits per heavy atom. The van der Waals surface area contributed by atoms with Crippen molar-refractivity contribution < 1.29 is 4.39 Å². The van der Waals surface area contributed by atoms with E-state index >= 15 is 0 Å². The van der Waals surface area contributed by atoms with E-state index in [2.05, 4.69) is 0 Å². The first-order chi connectivity index (χ1) is 3.18. The van der Waals surface area contributed by atoms with Gasteiger partial charge in [-0.15, -0.1) is 0 Å². The summed E-state index contributed by atoms with van der Waals surface area (Å²) in [5.41, 5.74) is 0. The van der Waals surface area contributed by atoms with E-state index < -0.39 is 5.83 Å². The molecule has 0 rings (SSSR count). The predicted molar refractivity (Wildman–Crippen MR) is 30.1 cm³/mol. The lowest BCUT2D eigenvalue weighted by atomic mass is 10.5. The van der Waals surface area contributed by atoms with Gasteiger partial charge < -0.3 is 0 Å². The molecule has 0 radical (unpaired) electrons. The lowest BCUT2D eigenvalue weighted by Crippen LogP contribution is -1.65. The fraction of sp³-hybridized carbons (Fsp3) is 0.500. The van der Waals surface area contributed by atoms with Gasteiger partial charge in [-0.05, 0) is 6.42 Å². The van der Waals surface area contributed by atoms with Crippen LogP contribution >= 0.6 is 23.2 Å². The Kier molecular flexibility index (Phi) is 3.39. The number of halogens is 3. The maximum absolute atomic E-state index is 11.9. The second kappa shape index (κ2) is 3.28. The summed E-state index contributed by atoms with van der Waals surface area (Å²) in [6.45, 7) is 1.64. The van der Waals surface area contributed by atoms with Crippen molar-refractivity contribution in [1.29, 1.82) is 0 Å². The fourth-order valence-electron chi connectivity index (χ4n) is 0.134. The number of allylic oxidation sites excluding steroid dienone is 1. The van der Waals surface area contributed by atoms with Gasteiger partial charge in [-0.1, -0.05) is 30.1 Å². The number of hydrogen-bond donors (Lipinski definition) is 0. The highest BCUT2D eigenvalue weighted by Crippen LogP contribution is 2.16. The molecule has 0 heterocycles. The van der Waals surface area contributed by atoms with E-state index in [0.29, 0.717) is 0 Å².